The smallest absolute Gasteiger partial charge is 0.335 e. The molecule has 0 heterocycles. The Hall–Kier alpha value is -1.66. The first-order chi connectivity index (χ1) is 7.34. The molecule has 0 unspecified atom stereocenters. The van der Waals surface area contributed by atoms with E-state index in [0.29, 0.717) is 5.56 Å². The van der Waals surface area contributed by atoms with Gasteiger partial charge < -0.3 is 9.29 Å². The lowest BCUT2D eigenvalue weighted by molar-refractivity contribution is -0.129. The average Bonchev–Trinajstić information content (AvgIpc) is 2.19. The number of carbonyl (C=O) groups excluding carboxylic acids is 1. The molecule has 0 N–H and O–H groups in total. The Morgan fingerprint density at radius 1 is 1.50 bits per heavy atom. The van der Waals surface area contributed by atoms with Crippen LogP contribution in [0.3, 0.4) is 0 Å². The summed E-state index contributed by atoms with van der Waals surface area (Å²) in [6.07, 6.45) is 0.984. The summed E-state index contributed by atoms with van der Waals surface area (Å²) in [4.78, 5) is 10.5. The van der Waals surface area contributed by atoms with Crippen LogP contribution in [0.1, 0.15) is 5.56 Å². The van der Waals surface area contributed by atoms with E-state index in [2.05, 4.69) is 6.58 Å². The second-order valence-corrected chi connectivity index (χ2v) is 4.39. The van der Waals surface area contributed by atoms with Crippen molar-refractivity contribution in [3.05, 3.63) is 36.4 Å². The summed E-state index contributed by atoms with van der Waals surface area (Å²) in [5.41, 5.74) is 0.382. The quantitative estimate of drug-likeness (QED) is 0.341. The highest BCUT2D eigenvalue weighted by atomic mass is 32.2. The molecule has 0 aliphatic rings. The Bertz CT molecular complexity index is 530. The lowest BCUT2D eigenvalue weighted by Gasteiger charge is -2.10. The number of hydrogen-bond acceptors (Lipinski definition) is 5. The van der Waals surface area contributed by atoms with Crippen LogP contribution in [0.2, 0.25) is 0 Å². The molecule has 0 radical (unpaired) electrons. The molecule has 0 amide bonds. The van der Waals surface area contributed by atoms with Crippen molar-refractivity contribution in [2.45, 2.75) is 11.8 Å². The van der Waals surface area contributed by atoms with Crippen LogP contribution in [0, 0.1) is 6.92 Å². The van der Waals surface area contributed by atoms with Gasteiger partial charge in [-0.1, -0.05) is 6.58 Å². The van der Waals surface area contributed by atoms with Crippen LogP contribution in [-0.4, -0.2) is 18.9 Å². The van der Waals surface area contributed by atoms with E-state index in [0.717, 1.165) is 18.2 Å². The van der Waals surface area contributed by atoms with Gasteiger partial charge in [-0.2, -0.15) is 0 Å². The van der Waals surface area contributed by atoms with Crippen molar-refractivity contribution < 1.29 is 22.5 Å². The maximum Gasteiger partial charge on any atom is 0.335 e. The third-order valence-corrected chi connectivity index (χ3v) is 2.64. The molecule has 1 rings (SSSR count). The summed E-state index contributed by atoms with van der Waals surface area (Å²) in [6.45, 7) is 4.75. The molecule has 0 saturated heterocycles. The van der Waals surface area contributed by atoms with Gasteiger partial charge in [0.05, 0.1) is 4.90 Å². The predicted octanol–water partition coefficient (Wildman–Crippen LogP) is 0.991. The summed E-state index contributed by atoms with van der Waals surface area (Å²) in [7, 11) is -4.49. The highest BCUT2D eigenvalue weighted by Crippen LogP contribution is 2.21. The van der Waals surface area contributed by atoms with Crippen LogP contribution < -0.4 is 4.74 Å². The van der Waals surface area contributed by atoms with Gasteiger partial charge in [-0.05, 0) is 30.7 Å². The fourth-order valence-electron chi connectivity index (χ4n) is 1.04. The van der Waals surface area contributed by atoms with Crippen molar-refractivity contribution in [1.82, 2.24) is 0 Å². The number of aryl methyl sites for hydroxylation is 1. The highest BCUT2D eigenvalue weighted by molar-refractivity contribution is 7.85. The SMILES string of the molecule is C=CC(=O)Oc1ccc(S(=O)(=O)[O-])cc1C. The maximum absolute atomic E-state index is 10.9. The van der Waals surface area contributed by atoms with Crippen LogP contribution in [0.25, 0.3) is 0 Å². The van der Waals surface area contributed by atoms with Gasteiger partial charge in [0.1, 0.15) is 15.9 Å². The van der Waals surface area contributed by atoms with E-state index in [4.69, 9.17) is 4.74 Å². The van der Waals surface area contributed by atoms with E-state index in [1.54, 1.807) is 0 Å². The minimum Gasteiger partial charge on any atom is -0.744 e. The summed E-state index contributed by atoms with van der Waals surface area (Å²) >= 11 is 0. The Kier molecular flexibility index (Phi) is 3.46. The molecule has 6 heteroatoms. The first-order valence-electron chi connectivity index (χ1n) is 4.25. The van der Waals surface area contributed by atoms with Crippen LogP contribution >= 0.6 is 0 Å². The minimum atomic E-state index is -4.49. The number of hydrogen-bond donors (Lipinski definition) is 0. The Morgan fingerprint density at radius 3 is 2.56 bits per heavy atom. The van der Waals surface area contributed by atoms with Crippen molar-refractivity contribution in [3.63, 3.8) is 0 Å². The topological polar surface area (TPSA) is 83.5 Å². The molecule has 1 aromatic carbocycles. The normalized spacial score (nSPS) is 10.9. The van der Waals surface area contributed by atoms with Crippen LogP contribution in [0.5, 0.6) is 5.75 Å². The summed E-state index contributed by atoms with van der Waals surface area (Å²) in [6, 6.07) is 3.48. The average molecular weight is 241 g/mol. The largest absolute Gasteiger partial charge is 0.744 e. The van der Waals surface area contributed by atoms with Gasteiger partial charge in [-0.25, -0.2) is 13.2 Å². The molecule has 16 heavy (non-hydrogen) atoms. The third-order valence-electron chi connectivity index (χ3n) is 1.81. The number of esters is 1. The van der Waals surface area contributed by atoms with Gasteiger partial charge in [-0.15, -0.1) is 0 Å². The Balaban J connectivity index is 3.10. The molecular formula is C10H9O5S-. The summed E-state index contributed by atoms with van der Waals surface area (Å²) < 4.78 is 36.9. The van der Waals surface area contributed by atoms with Gasteiger partial charge >= 0.3 is 5.97 Å². The second kappa shape index (κ2) is 4.46. The van der Waals surface area contributed by atoms with Crippen LogP contribution in [0.15, 0.2) is 35.7 Å². The van der Waals surface area contributed by atoms with Crippen molar-refractivity contribution in [2.24, 2.45) is 0 Å². The Labute approximate surface area is 93.1 Å². The number of benzene rings is 1. The highest BCUT2D eigenvalue weighted by Gasteiger charge is 2.07. The standard InChI is InChI=1S/C10H10O5S/c1-3-10(11)15-9-5-4-8(6-7(9)2)16(12,13)14/h3-6H,1H2,2H3,(H,12,13,14)/p-1. The molecule has 0 aliphatic carbocycles. The van der Waals surface area contributed by atoms with Crippen LogP contribution in [-0.2, 0) is 14.9 Å². The number of rotatable bonds is 3. The molecule has 0 aromatic heterocycles. The fourth-order valence-corrected chi connectivity index (χ4v) is 1.60. The second-order valence-electron chi connectivity index (χ2n) is 3.01. The van der Waals surface area contributed by atoms with E-state index >= 15 is 0 Å². The lowest BCUT2D eigenvalue weighted by atomic mass is 10.2. The van der Waals surface area contributed by atoms with Gasteiger partial charge in [0.25, 0.3) is 0 Å². The molecule has 0 aliphatic heterocycles. The first-order valence-corrected chi connectivity index (χ1v) is 5.66. The molecular weight excluding hydrogens is 232 g/mol. The van der Waals surface area contributed by atoms with E-state index in [1.807, 2.05) is 0 Å². The van der Waals surface area contributed by atoms with Crippen molar-refractivity contribution in [2.75, 3.05) is 0 Å². The van der Waals surface area contributed by atoms with E-state index in [-0.39, 0.29) is 10.6 Å². The zero-order chi connectivity index (χ0) is 12.3. The molecule has 0 fully saturated rings. The van der Waals surface area contributed by atoms with Crippen LogP contribution in [0.4, 0.5) is 0 Å². The van der Waals surface area contributed by atoms with Gasteiger partial charge in [-0.3, -0.25) is 0 Å². The Morgan fingerprint density at radius 2 is 2.12 bits per heavy atom. The van der Waals surface area contributed by atoms with Gasteiger partial charge in [0, 0.05) is 6.08 Å². The van der Waals surface area contributed by atoms with Gasteiger partial charge in [0.2, 0.25) is 0 Å². The number of ether oxygens (including phenoxy) is 1. The molecule has 0 atom stereocenters. The van der Waals surface area contributed by atoms with Gasteiger partial charge in [0.15, 0.2) is 0 Å². The van der Waals surface area contributed by atoms with Crippen molar-refractivity contribution in [1.29, 1.82) is 0 Å². The molecule has 1 aromatic rings. The number of carbonyl (C=O) groups is 1. The lowest BCUT2D eigenvalue weighted by Crippen LogP contribution is -2.05. The fraction of sp³-hybridized carbons (Fsp3) is 0.100. The van der Waals surface area contributed by atoms with E-state index < -0.39 is 16.1 Å². The molecule has 0 bridgehead atoms. The molecule has 5 nitrogen and oxygen atoms in total. The zero-order valence-electron chi connectivity index (χ0n) is 8.47. The third kappa shape index (κ3) is 2.91. The maximum atomic E-state index is 10.9. The molecule has 0 spiro atoms. The van der Waals surface area contributed by atoms with Crippen molar-refractivity contribution >= 4 is 16.1 Å². The summed E-state index contributed by atoms with van der Waals surface area (Å²) in [5.74, 6) is -0.460. The zero-order valence-corrected chi connectivity index (χ0v) is 9.28. The first kappa shape index (κ1) is 12.4. The minimum absolute atomic E-state index is 0.192. The van der Waals surface area contributed by atoms with E-state index in [9.17, 15) is 17.8 Å². The monoisotopic (exact) mass is 241 g/mol. The van der Waals surface area contributed by atoms with E-state index in [1.165, 1.54) is 13.0 Å². The summed E-state index contributed by atoms with van der Waals surface area (Å²) in [5, 5.41) is 0. The predicted molar refractivity (Wildman–Crippen MR) is 55.0 cm³/mol. The molecule has 86 valence electrons. The molecule has 0 saturated carbocycles. The van der Waals surface area contributed by atoms with Crippen molar-refractivity contribution in [3.8, 4) is 5.75 Å².